The first kappa shape index (κ1) is 31.6. The quantitative estimate of drug-likeness (QED) is 0.263. The van der Waals surface area contributed by atoms with Gasteiger partial charge in [0.15, 0.2) is 0 Å². The molecular formula is C29H37NO8S. The van der Waals surface area contributed by atoms with Gasteiger partial charge >= 0.3 is 11.9 Å². The number of nitrogens with one attached hydrogen (secondary N) is 1. The number of hydrogen-bond acceptors (Lipinski definition) is 8. The van der Waals surface area contributed by atoms with Crippen molar-refractivity contribution < 1.29 is 37.0 Å². The molecule has 0 aliphatic carbocycles. The zero-order valence-corrected chi connectivity index (χ0v) is 24.7. The highest BCUT2D eigenvalue weighted by Crippen LogP contribution is 2.30. The molecule has 1 atom stereocenters. The number of sulfonamides is 1. The van der Waals surface area contributed by atoms with Gasteiger partial charge in [-0.1, -0.05) is 17.9 Å². The van der Waals surface area contributed by atoms with Gasteiger partial charge in [-0.05, 0) is 90.4 Å². The molecule has 1 N–H and O–H groups in total. The first-order valence-electron chi connectivity index (χ1n) is 12.2. The van der Waals surface area contributed by atoms with E-state index in [4.69, 9.17) is 18.9 Å². The molecule has 0 saturated carbocycles. The van der Waals surface area contributed by atoms with Crippen molar-refractivity contribution in [2.24, 2.45) is 0 Å². The van der Waals surface area contributed by atoms with E-state index in [1.807, 2.05) is 0 Å². The Labute approximate surface area is 230 Å². The molecule has 0 bridgehead atoms. The Hall–Kier alpha value is -3.59. The van der Waals surface area contributed by atoms with Crippen LogP contribution in [0.2, 0.25) is 0 Å². The highest BCUT2D eigenvalue weighted by atomic mass is 32.2. The summed E-state index contributed by atoms with van der Waals surface area (Å²) < 4.78 is 51.1. The minimum atomic E-state index is -4.20. The van der Waals surface area contributed by atoms with Crippen LogP contribution < -0.4 is 14.2 Å². The van der Waals surface area contributed by atoms with E-state index in [2.05, 4.69) is 10.5 Å². The monoisotopic (exact) mass is 559 g/mol. The molecule has 0 amide bonds. The molecule has 0 radical (unpaired) electrons. The summed E-state index contributed by atoms with van der Waals surface area (Å²) >= 11 is 0. The molecule has 0 aliphatic heterocycles. The first-order valence-corrected chi connectivity index (χ1v) is 13.7. The summed E-state index contributed by atoms with van der Waals surface area (Å²) in [5.74, 6) is -0.678. The summed E-state index contributed by atoms with van der Waals surface area (Å²) in [5, 5.41) is 0. The zero-order valence-electron chi connectivity index (χ0n) is 23.9. The first-order chi connectivity index (χ1) is 18.0. The standard InChI is InChI=1S/C29H37NO8S/c1-19(26(31)37-28(2,3)4)17-24(27(32)38-29(5,6)7)25(20-11-10-12-22(18-20)36-9)30-39(33,34)23-15-13-21(35-8)14-16-23/h10-16,18,25,30H,1-9H3/t17?,25-/m1/s1. The number of carbonyl (C=O) groups is 2. The predicted molar refractivity (Wildman–Crippen MR) is 147 cm³/mol. The van der Waals surface area contributed by atoms with Crippen LogP contribution in [0, 0.1) is 0 Å². The van der Waals surface area contributed by atoms with Crippen LogP contribution in [0.25, 0.3) is 0 Å². The fraction of sp³-hybridized carbons (Fsp3) is 0.414. The summed E-state index contributed by atoms with van der Waals surface area (Å²) in [6, 6.07) is 11.0. The van der Waals surface area contributed by atoms with Crippen LogP contribution in [0.5, 0.6) is 11.5 Å². The van der Waals surface area contributed by atoms with E-state index in [9.17, 15) is 18.0 Å². The molecular weight excluding hydrogens is 522 g/mol. The number of esters is 2. The van der Waals surface area contributed by atoms with Crippen LogP contribution in [0.4, 0.5) is 0 Å². The minimum Gasteiger partial charge on any atom is -0.497 e. The summed E-state index contributed by atoms with van der Waals surface area (Å²) in [7, 11) is -1.26. The fourth-order valence-corrected chi connectivity index (χ4v) is 4.47. The Kier molecular flexibility index (Phi) is 10.1. The van der Waals surface area contributed by atoms with Gasteiger partial charge in [-0.2, -0.15) is 4.72 Å². The molecule has 2 aromatic carbocycles. The molecule has 0 aromatic heterocycles. The van der Waals surface area contributed by atoms with E-state index in [0.717, 1.165) is 0 Å². The van der Waals surface area contributed by atoms with Gasteiger partial charge in [-0.25, -0.2) is 18.0 Å². The fourth-order valence-electron chi connectivity index (χ4n) is 3.27. The van der Waals surface area contributed by atoms with E-state index < -0.39 is 39.2 Å². The third kappa shape index (κ3) is 9.58. The lowest BCUT2D eigenvalue weighted by Gasteiger charge is -2.25. The second kappa shape index (κ2) is 12.5. The number of benzene rings is 2. The van der Waals surface area contributed by atoms with Crippen LogP contribution in [-0.2, 0) is 29.1 Å². The van der Waals surface area contributed by atoms with Crippen molar-refractivity contribution in [3.8, 4) is 11.5 Å². The molecule has 0 spiro atoms. The van der Waals surface area contributed by atoms with Gasteiger partial charge in [0.2, 0.25) is 10.0 Å². The third-order valence-electron chi connectivity index (χ3n) is 5.00. The van der Waals surface area contributed by atoms with Gasteiger partial charge in [-0.15, -0.1) is 0 Å². The Morgan fingerprint density at radius 1 is 0.821 bits per heavy atom. The minimum absolute atomic E-state index is 0.0395. The van der Waals surface area contributed by atoms with Crippen molar-refractivity contribution in [3.05, 3.63) is 71.0 Å². The second-order valence-corrected chi connectivity index (χ2v) is 12.4. The van der Waals surface area contributed by atoms with Crippen molar-refractivity contribution in [2.45, 2.75) is 70.6 Å². The van der Waals surface area contributed by atoms with Crippen LogP contribution in [0.15, 0.2) is 70.3 Å². The summed E-state index contributed by atoms with van der Waals surface area (Å²) in [6.07, 6.45) is 0. The molecule has 2 aromatic rings. The molecule has 2 rings (SSSR count). The number of carbonyl (C=O) groups excluding carboxylic acids is 2. The van der Waals surface area contributed by atoms with Gasteiger partial charge in [0.25, 0.3) is 0 Å². The highest BCUT2D eigenvalue weighted by Gasteiger charge is 2.32. The van der Waals surface area contributed by atoms with Gasteiger partial charge in [0, 0.05) is 0 Å². The predicted octanol–water partition coefficient (Wildman–Crippen LogP) is 4.88. The highest BCUT2D eigenvalue weighted by molar-refractivity contribution is 7.89. The number of rotatable bonds is 9. The molecule has 39 heavy (non-hydrogen) atoms. The Morgan fingerprint density at radius 3 is 1.87 bits per heavy atom. The van der Waals surface area contributed by atoms with Gasteiger partial charge in [0.1, 0.15) is 28.3 Å². The molecule has 0 heterocycles. The van der Waals surface area contributed by atoms with Crippen LogP contribution in [0.1, 0.15) is 60.1 Å². The summed E-state index contributed by atoms with van der Waals surface area (Å²) in [5.41, 5.74) is 1.15. The maximum atomic E-state index is 13.5. The van der Waals surface area contributed by atoms with E-state index in [1.165, 1.54) is 45.4 Å². The lowest BCUT2D eigenvalue weighted by Crippen LogP contribution is -2.34. The smallest absolute Gasteiger partial charge is 0.344 e. The molecule has 0 fully saturated rings. The van der Waals surface area contributed by atoms with E-state index in [1.54, 1.807) is 65.8 Å². The third-order valence-corrected chi connectivity index (χ3v) is 6.44. The van der Waals surface area contributed by atoms with Crippen molar-refractivity contribution in [2.75, 3.05) is 14.2 Å². The Bertz CT molecular complexity index is 1360. The molecule has 0 aliphatic rings. The normalized spacial score (nSPS) is 12.5. The van der Waals surface area contributed by atoms with E-state index in [0.29, 0.717) is 17.1 Å². The van der Waals surface area contributed by atoms with Crippen molar-refractivity contribution in [3.63, 3.8) is 0 Å². The maximum absolute atomic E-state index is 13.5. The molecule has 212 valence electrons. The average Bonchev–Trinajstić information content (AvgIpc) is 2.83. The maximum Gasteiger partial charge on any atom is 0.344 e. The van der Waals surface area contributed by atoms with Gasteiger partial charge in [-0.3, -0.25) is 0 Å². The van der Waals surface area contributed by atoms with Crippen LogP contribution in [0.3, 0.4) is 0 Å². The van der Waals surface area contributed by atoms with Crippen molar-refractivity contribution >= 4 is 22.0 Å². The molecule has 0 saturated heterocycles. The lowest BCUT2D eigenvalue weighted by molar-refractivity contribution is -0.150. The largest absolute Gasteiger partial charge is 0.497 e. The second-order valence-electron chi connectivity index (χ2n) is 10.7. The SMILES string of the molecule is COc1ccc(S(=O)(=O)N[C@@H](C(=C=C(C)C(=O)OC(C)(C)C)C(=O)OC(C)(C)C)c2cccc(OC)c2)cc1. The van der Waals surface area contributed by atoms with E-state index in [-0.39, 0.29) is 16.0 Å². The number of ether oxygens (including phenoxy) is 4. The van der Waals surface area contributed by atoms with Crippen molar-refractivity contribution in [1.29, 1.82) is 0 Å². The zero-order chi connectivity index (χ0) is 29.6. The Balaban J connectivity index is 2.80. The molecule has 10 heteroatoms. The Morgan fingerprint density at radius 2 is 1.36 bits per heavy atom. The lowest BCUT2D eigenvalue weighted by atomic mass is 9.98. The van der Waals surface area contributed by atoms with Crippen LogP contribution in [-0.4, -0.2) is 45.8 Å². The average molecular weight is 560 g/mol. The topological polar surface area (TPSA) is 117 Å². The van der Waals surface area contributed by atoms with Crippen LogP contribution >= 0.6 is 0 Å². The van der Waals surface area contributed by atoms with Gasteiger partial charge in [0.05, 0.1) is 30.7 Å². The van der Waals surface area contributed by atoms with Crippen molar-refractivity contribution in [1.82, 2.24) is 4.72 Å². The number of methoxy groups -OCH3 is 2. The molecule has 0 unspecified atom stereocenters. The summed E-state index contributed by atoms with van der Waals surface area (Å²) in [6.45, 7) is 11.6. The number of hydrogen-bond donors (Lipinski definition) is 1. The summed E-state index contributed by atoms with van der Waals surface area (Å²) in [4.78, 5) is 26.2. The van der Waals surface area contributed by atoms with E-state index >= 15 is 0 Å². The molecule has 9 nitrogen and oxygen atoms in total. The van der Waals surface area contributed by atoms with Gasteiger partial charge < -0.3 is 18.9 Å².